The summed E-state index contributed by atoms with van der Waals surface area (Å²) in [5, 5.41) is 30.2. The number of amides is 3. The highest BCUT2D eigenvalue weighted by Crippen LogP contribution is 2.02. The van der Waals surface area contributed by atoms with Gasteiger partial charge in [-0.2, -0.15) is 0 Å². The average Bonchev–Trinajstić information content (AvgIpc) is 2.48. The summed E-state index contributed by atoms with van der Waals surface area (Å²) >= 11 is 0. The molecule has 0 aromatic heterocycles. The molecule has 0 aromatic rings. The van der Waals surface area contributed by atoms with E-state index in [0.717, 1.165) is 0 Å². The number of nitrogens with two attached hydrogens (primary N) is 2. The Morgan fingerprint density at radius 2 is 1.35 bits per heavy atom. The zero-order valence-electron chi connectivity index (χ0n) is 13.5. The normalized spacial score (nSPS) is 13.7. The molecule has 3 atom stereocenters. The number of carbonyl (C=O) groups is 6. The highest BCUT2D eigenvalue weighted by Gasteiger charge is 2.29. The number of rotatable bonds is 12. The lowest BCUT2D eigenvalue weighted by molar-refractivity contribution is -0.147. The second-order valence-electron chi connectivity index (χ2n) is 5.27. The first-order valence-corrected chi connectivity index (χ1v) is 7.25. The van der Waals surface area contributed by atoms with Crippen LogP contribution in [0.15, 0.2) is 0 Å². The molecule has 13 nitrogen and oxygen atoms in total. The minimum absolute atomic E-state index is 0.421. The van der Waals surface area contributed by atoms with Gasteiger partial charge in [0.15, 0.2) is 0 Å². The quantitative estimate of drug-likeness (QED) is 0.178. The van der Waals surface area contributed by atoms with Crippen molar-refractivity contribution in [1.82, 2.24) is 10.6 Å². The summed E-state index contributed by atoms with van der Waals surface area (Å²) in [5.74, 6) is -7.40. The lowest BCUT2D eigenvalue weighted by Crippen LogP contribution is -2.55. The van der Waals surface area contributed by atoms with E-state index in [4.69, 9.17) is 26.8 Å². The largest absolute Gasteiger partial charge is 0.481 e. The molecule has 0 fully saturated rings. The molecule has 0 heterocycles. The van der Waals surface area contributed by atoms with Gasteiger partial charge in [0.1, 0.15) is 12.1 Å². The van der Waals surface area contributed by atoms with Crippen molar-refractivity contribution in [3.05, 3.63) is 0 Å². The van der Waals surface area contributed by atoms with Crippen molar-refractivity contribution in [3.63, 3.8) is 0 Å². The Morgan fingerprint density at radius 3 is 1.77 bits per heavy atom. The van der Waals surface area contributed by atoms with E-state index in [2.05, 4.69) is 5.32 Å². The van der Waals surface area contributed by atoms with E-state index in [0.29, 0.717) is 0 Å². The molecular weight excluding hydrogens is 356 g/mol. The number of carboxylic acid groups (broad SMARTS) is 3. The van der Waals surface area contributed by atoms with Gasteiger partial charge in [-0.05, 0) is 6.42 Å². The third kappa shape index (κ3) is 9.17. The monoisotopic (exact) mass is 376 g/mol. The van der Waals surface area contributed by atoms with Crippen LogP contribution >= 0.6 is 0 Å². The van der Waals surface area contributed by atoms with Crippen molar-refractivity contribution in [2.75, 3.05) is 0 Å². The topological polar surface area (TPSA) is 239 Å². The van der Waals surface area contributed by atoms with E-state index in [1.165, 1.54) is 0 Å². The van der Waals surface area contributed by atoms with Crippen LogP contribution in [0, 0.1) is 0 Å². The van der Waals surface area contributed by atoms with Gasteiger partial charge in [-0.1, -0.05) is 0 Å². The Bertz CT molecular complexity index is 592. The van der Waals surface area contributed by atoms with Crippen LogP contribution < -0.4 is 22.1 Å². The first-order valence-electron chi connectivity index (χ1n) is 7.25. The summed E-state index contributed by atoms with van der Waals surface area (Å²) in [6.45, 7) is 0. The van der Waals surface area contributed by atoms with Crippen molar-refractivity contribution in [2.24, 2.45) is 11.5 Å². The zero-order chi connectivity index (χ0) is 20.4. The molecule has 9 N–H and O–H groups in total. The predicted octanol–water partition coefficient (Wildman–Crippen LogP) is -3.42. The maximum absolute atomic E-state index is 12.1. The van der Waals surface area contributed by atoms with E-state index in [9.17, 15) is 28.8 Å². The Labute approximate surface area is 146 Å². The van der Waals surface area contributed by atoms with Gasteiger partial charge in [0, 0.05) is 6.42 Å². The number of carbonyl (C=O) groups excluding carboxylic acids is 3. The van der Waals surface area contributed by atoms with Crippen molar-refractivity contribution < 1.29 is 44.1 Å². The van der Waals surface area contributed by atoms with Crippen molar-refractivity contribution in [3.8, 4) is 0 Å². The third-order valence-corrected chi connectivity index (χ3v) is 3.03. The minimum atomic E-state index is -1.79. The molecule has 0 aliphatic rings. The fraction of sp³-hybridized carbons (Fsp3) is 0.538. The SMILES string of the molecule is NC(=O)C[C@H](N)C(=O)N[C@@H](CCC(=O)O)C(=O)N[C@@H](CC(=O)O)C(=O)O. The van der Waals surface area contributed by atoms with E-state index < -0.39 is 79.4 Å². The lowest BCUT2D eigenvalue weighted by atomic mass is 10.1. The van der Waals surface area contributed by atoms with Crippen LogP contribution in [0.3, 0.4) is 0 Å². The summed E-state index contributed by atoms with van der Waals surface area (Å²) in [4.78, 5) is 67.0. The molecule has 0 saturated heterocycles. The fourth-order valence-corrected chi connectivity index (χ4v) is 1.77. The highest BCUT2D eigenvalue weighted by atomic mass is 16.4. The van der Waals surface area contributed by atoms with Gasteiger partial charge in [0.05, 0.1) is 18.9 Å². The van der Waals surface area contributed by atoms with Gasteiger partial charge >= 0.3 is 17.9 Å². The van der Waals surface area contributed by atoms with Crippen LogP contribution in [0.2, 0.25) is 0 Å². The minimum Gasteiger partial charge on any atom is -0.481 e. The standard InChI is InChI=1S/C13H20N4O9/c14-5(3-8(15)18)11(23)16-6(1-2-9(19)20)12(24)17-7(13(25)26)4-10(21)22/h5-7H,1-4,14H2,(H2,15,18)(H,16,23)(H,17,24)(H,19,20)(H,21,22)(H,25,26)/t5-,6-,7-/m0/s1. The van der Waals surface area contributed by atoms with E-state index in [1.807, 2.05) is 5.32 Å². The Kier molecular flexibility index (Phi) is 9.29. The molecule has 0 unspecified atom stereocenters. The fourth-order valence-electron chi connectivity index (χ4n) is 1.77. The van der Waals surface area contributed by atoms with Gasteiger partial charge in [0.25, 0.3) is 0 Å². The maximum atomic E-state index is 12.1. The Hall–Kier alpha value is -3.22. The molecule has 0 aromatic carbocycles. The molecule has 0 aliphatic carbocycles. The second-order valence-corrected chi connectivity index (χ2v) is 5.27. The first-order chi connectivity index (χ1) is 11.9. The Balaban J connectivity index is 5.14. The summed E-state index contributed by atoms with van der Waals surface area (Å²) in [5.41, 5.74) is 10.3. The Morgan fingerprint density at radius 1 is 0.808 bits per heavy atom. The zero-order valence-corrected chi connectivity index (χ0v) is 13.5. The smallest absolute Gasteiger partial charge is 0.326 e. The van der Waals surface area contributed by atoms with Crippen molar-refractivity contribution in [2.45, 2.75) is 43.8 Å². The van der Waals surface area contributed by atoms with E-state index in [1.54, 1.807) is 0 Å². The first kappa shape index (κ1) is 22.8. The van der Waals surface area contributed by atoms with Gasteiger partial charge in [-0.3, -0.25) is 24.0 Å². The summed E-state index contributed by atoms with van der Waals surface area (Å²) < 4.78 is 0. The number of aliphatic carboxylic acids is 3. The van der Waals surface area contributed by atoms with Crippen LogP contribution in [-0.4, -0.2) is 69.1 Å². The molecule has 0 radical (unpaired) electrons. The van der Waals surface area contributed by atoms with Gasteiger partial charge in [-0.15, -0.1) is 0 Å². The van der Waals surface area contributed by atoms with Gasteiger partial charge < -0.3 is 37.4 Å². The number of nitrogens with one attached hydrogen (secondary N) is 2. The number of primary amides is 1. The molecule has 26 heavy (non-hydrogen) atoms. The molecule has 0 spiro atoms. The highest BCUT2D eigenvalue weighted by molar-refractivity contribution is 5.94. The van der Waals surface area contributed by atoms with E-state index >= 15 is 0 Å². The molecule has 0 saturated carbocycles. The van der Waals surface area contributed by atoms with E-state index in [-0.39, 0.29) is 0 Å². The van der Waals surface area contributed by atoms with Gasteiger partial charge in [-0.25, -0.2) is 4.79 Å². The maximum Gasteiger partial charge on any atom is 0.326 e. The van der Waals surface area contributed by atoms with Crippen LogP contribution in [-0.2, 0) is 28.8 Å². The van der Waals surface area contributed by atoms with Crippen LogP contribution in [0.1, 0.15) is 25.7 Å². The van der Waals surface area contributed by atoms with Crippen LogP contribution in [0.5, 0.6) is 0 Å². The average molecular weight is 376 g/mol. The third-order valence-electron chi connectivity index (χ3n) is 3.03. The van der Waals surface area contributed by atoms with Crippen LogP contribution in [0.4, 0.5) is 0 Å². The summed E-state index contributed by atoms with van der Waals surface area (Å²) in [6, 6.07) is -4.70. The molecular formula is C13H20N4O9. The van der Waals surface area contributed by atoms with Crippen molar-refractivity contribution >= 4 is 35.6 Å². The molecule has 0 aliphatic heterocycles. The predicted molar refractivity (Wildman–Crippen MR) is 82.4 cm³/mol. The number of hydrogen-bond donors (Lipinski definition) is 7. The number of hydrogen-bond acceptors (Lipinski definition) is 7. The molecule has 146 valence electrons. The molecule has 0 bridgehead atoms. The summed E-state index contributed by atoms with van der Waals surface area (Å²) in [6.07, 6.45) is -2.44. The van der Waals surface area contributed by atoms with Crippen molar-refractivity contribution in [1.29, 1.82) is 0 Å². The molecule has 0 rings (SSSR count). The number of carboxylic acids is 3. The van der Waals surface area contributed by atoms with Crippen LogP contribution in [0.25, 0.3) is 0 Å². The molecule has 13 heteroatoms. The summed E-state index contributed by atoms with van der Waals surface area (Å²) in [7, 11) is 0. The second kappa shape index (κ2) is 10.6. The van der Waals surface area contributed by atoms with Gasteiger partial charge in [0.2, 0.25) is 17.7 Å². The molecule has 3 amide bonds. The lowest BCUT2D eigenvalue weighted by Gasteiger charge is -2.21.